The Hall–Kier alpha value is -2.44. The van der Waals surface area contributed by atoms with E-state index in [0.717, 1.165) is 50.9 Å². The number of carbonyl (C=O) groups excluding carboxylic acids is 1. The number of fused-ring (bicyclic) bond motifs is 1. The van der Waals surface area contributed by atoms with Crippen LogP contribution in [0, 0.1) is 0 Å². The highest BCUT2D eigenvalue weighted by molar-refractivity contribution is 7.99. The Kier molecular flexibility index (Phi) is 6.82. The van der Waals surface area contributed by atoms with Crippen molar-refractivity contribution < 1.29 is 9.53 Å². The summed E-state index contributed by atoms with van der Waals surface area (Å²) in [6.07, 6.45) is 2.49. The van der Waals surface area contributed by atoms with Gasteiger partial charge in [-0.25, -0.2) is 9.78 Å². The summed E-state index contributed by atoms with van der Waals surface area (Å²) in [7, 11) is 0. The zero-order valence-electron chi connectivity index (χ0n) is 18.7. The van der Waals surface area contributed by atoms with E-state index in [1.54, 1.807) is 16.7 Å². The quantitative estimate of drug-likeness (QED) is 0.439. The van der Waals surface area contributed by atoms with Gasteiger partial charge in [-0.1, -0.05) is 29.4 Å². The summed E-state index contributed by atoms with van der Waals surface area (Å²) in [6.45, 7) is 8.57. The second-order valence-corrected chi connectivity index (χ2v) is 10.5. The molecule has 0 aliphatic carbocycles. The Labute approximate surface area is 198 Å². The first-order valence-corrected chi connectivity index (χ1v) is 12.0. The Morgan fingerprint density at radius 2 is 1.75 bits per heavy atom. The summed E-state index contributed by atoms with van der Waals surface area (Å²) in [5, 5.41) is 3.02. The van der Waals surface area contributed by atoms with Crippen LogP contribution in [0.4, 0.5) is 10.6 Å². The number of anilines is 1. The zero-order valence-corrected chi connectivity index (χ0v) is 20.2. The van der Waals surface area contributed by atoms with Gasteiger partial charge in [-0.2, -0.15) is 0 Å². The van der Waals surface area contributed by atoms with E-state index < -0.39 is 5.60 Å². The molecule has 0 radical (unpaired) electrons. The second kappa shape index (κ2) is 9.59. The van der Waals surface area contributed by atoms with Crippen LogP contribution < -0.4 is 4.90 Å². The molecule has 1 aliphatic heterocycles. The number of ether oxygens (including phenoxy) is 1. The predicted molar refractivity (Wildman–Crippen MR) is 132 cm³/mol. The van der Waals surface area contributed by atoms with E-state index in [1.807, 2.05) is 57.3 Å². The van der Waals surface area contributed by atoms with E-state index in [-0.39, 0.29) is 6.09 Å². The third-order valence-electron chi connectivity index (χ3n) is 5.21. The molecular formula is C25H28ClN3O2S. The first-order chi connectivity index (χ1) is 15.3. The molecule has 32 heavy (non-hydrogen) atoms. The number of rotatable bonds is 3. The van der Waals surface area contributed by atoms with Crippen molar-refractivity contribution in [1.29, 1.82) is 0 Å². The molecule has 1 aromatic heterocycles. The van der Waals surface area contributed by atoms with Crippen LogP contribution in [0.15, 0.2) is 64.5 Å². The lowest BCUT2D eigenvalue weighted by atomic mass is 10.1. The van der Waals surface area contributed by atoms with E-state index in [2.05, 4.69) is 23.1 Å². The van der Waals surface area contributed by atoms with Gasteiger partial charge in [-0.05, 0) is 75.0 Å². The number of hydrogen-bond acceptors (Lipinski definition) is 5. The smallest absolute Gasteiger partial charge is 0.410 e. The van der Waals surface area contributed by atoms with Gasteiger partial charge in [0.2, 0.25) is 0 Å². The summed E-state index contributed by atoms with van der Waals surface area (Å²) < 4.78 is 5.57. The number of nitrogens with zero attached hydrogens (tertiary/aromatic N) is 3. The fourth-order valence-electron chi connectivity index (χ4n) is 3.72. The Bertz CT molecular complexity index is 1100. The van der Waals surface area contributed by atoms with Crippen LogP contribution in [0.1, 0.15) is 27.2 Å². The zero-order chi connectivity index (χ0) is 22.7. The molecule has 0 unspecified atom stereocenters. The minimum atomic E-state index is -0.488. The number of amides is 1. The van der Waals surface area contributed by atoms with Crippen molar-refractivity contribution in [1.82, 2.24) is 9.88 Å². The third-order valence-corrected chi connectivity index (χ3v) is 6.46. The van der Waals surface area contributed by atoms with E-state index in [0.29, 0.717) is 13.1 Å². The summed E-state index contributed by atoms with van der Waals surface area (Å²) in [6, 6.07) is 16.4. The molecular weight excluding hydrogens is 442 g/mol. The average Bonchev–Trinajstić information content (AvgIpc) is 3.00. The number of halogens is 1. The van der Waals surface area contributed by atoms with Gasteiger partial charge in [-0.15, -0.1) is 0 Å². The number of pyridine rings is 1. The van der Waals surface area contributed by atoms with Crippen LogP contribution in [0.5, 0.6) is 0 Å². The van der Waals surface area contributed by atoms with E-state index in [9.17, 15) is 4.79 Å². The van der Waals surface area contributed by atoms with Crippen LogP contribution in [-0.4, -0.2) is 47.8 Å². The Balaban J connectivity index is 1.54. The maximum atomic E-state index is 12.5. The first kappa shape index (κ1) is 22.7. The molecule has 1 aliphatic rings. The topological polar surface area (TPSA) is 45.7 Å². The molecule has 3 aromatic rings. The minimum Gasteiger partial charge on any atom is -0.444 e. The molecule has 2 aromatic carbocycles. The maximum absolute atomic E-state index is 12.5. The molecule has 1 amide bonds. The van der Waals surface area contributed by atoms with Crippen LogP contribution in [0.25, 0.3) is 10.8 Å². The van der Waals surface area contributed by atoms with Gasteiger partial charge in [0, 0.05) is 52.6 Å². The van der Waals surface area contributed by atoms with Crippen LogP contribution in [0.3, 0.4) is 0 Å². The van der Waals surface area contributed by atoms with Crippen LogP contribution in [-0.2, 0) is 4.74 Å². The number of benzene rings is 2. The fraction of sp³-hybridized carbons (Fsp3) is 0.360. The lowest BCUT2D eigenvalue weighted by Gasteiger charge is -2.27. The lowest BCUT2D eigenvalue weighted by Crippen LogP contribution is -2.39. The van der Waals surface area contributed by atoms with Crippen molar-refractivity contribution in [2.24, 2.45) is 0 Å². The monoisotopic (exact) mass is 469 g/mol. The molecule has 4 rings (SSSR count). The van der Waals surface area contributed by atoms with Gasteiger partial charge in [0.15, 0.2) is 0 Å². The van der Waals surface area contributed by atoms with Gasteiger partial charge >= 0.3 is 6.09 Å². The molecule has 0 spiro atoms. The van der Waals surface area contributed by atoms with E-state index in [4.69, 9.17) is 21.3 Å². The maximum Gasteiger partial charge on any atom is 0.410 e. The van der Waals surface area contributed by atoms with Crippen molar-refractivity contribution in [3.63, 3.8) is 0 Å². The minimum absolute atomic E-state index is 0.244. The van der Waals surface area contributed by atoms with Crippen molar-refractivity contribution in [2.75, 3.05) is 31.1 Å². The highest BCUT2D eigenvalue weighted by Gasteiger charge is 2.25. The van der Waals surface area contributed by atoms with Gasteiger partial charge < -0.3 is 14.5 Å². The van der Waals surface area contributed by atoms with E-state index >= 15 is 0 Å². The van der Waals surface area contributed by atoms with Gasteiger partial charge in [0.1, 0.15) is 11.4 Å². The van der Waals surface area contributed by atoms with E-state index in [1.165, 1.54) is 0 Å². The molecule has 0 atom stereocenters. The van der Waals surface area contributed by atoms with Gasteiger partial charge in [-0.3, -0.25) is 0 Å². The van der Waals surface area contributed by atoms with Crippen molar-refractivity contribution in [2.45, 2.75) is 42.6 Å². The Morgan fingerprint density at radius 1 is 1.00 bits per heavy atom. The van der Waals surface area contributed by atoms with Crippen molar-refractivity contribution in [3.8, 4) is 0 Å². The summed E-state index contributed by atoms with van der Waals surface area (Å²) in [5.41, 5.74) is -0.488. The van der Waals surface area contributed by atoms with Crippen LogP contribution in [0.2, 0.25) is 5.02 Å². The second-order valence-electron chi connectivity index (χ2n) is 8.88. The average molecular weight is 470 g/mol. The molecule has 5 nitrogen and oxygen atoms in total. The fourth-order valence-corrected chi connectivity index (χ4v) is 4.71. The SMILES string of the molecule is CC(C)(C)OC(=O)N1CCCN(c2nccc3ccc(Sc4ccc(Cl)cc4)cc23)CC1. The molecule has 0 bridgehead atoms. The van der Waals surface area contributed by atoms with Crippen molar-refractivity contribution >= 4 is 46.0 Å². The lowest BCUT2D eigenvalue weighted by molar-refractivity contribution is 0.0263. The molecule has 2 heterocycles. The standard InChI is InChI=1S/C25H28ClN3O2S/c1-25(2,3)31-24(30)29-14-4-13-28(15-16-29)23-22-17-21(8-5-18(22)11-12-27-23)32-20-9-6-19(26)7-10-20/h5-12,17H,4,13-16H2,1-3H3. The summed E-state index contributed by atoms with van der Waals surface area (Å²) in [4.78, 5) is 23.6. The number of aromatic nitrogens is 1. The summed E-state index contributed by atoms with van der Waals surface area (Å²) >= 11 is 7.72. The normalized spacial score (nSPS) is 15.0. The van der Waals surface area contributed by atoms with Crippen molar-refractivity contribution in [3.05, 3.63) is 59.8 Å². The predicted octanol–water partition coefficient (Wildman–Crippen LogP) is 6.49. The largest absolute Gasteiger partial charge is 0.444 e. The summed E-state index contributed by atoms with van der Waals surface area (Å²) in [5.74, 6) is 0.965. The molecule has 7 heteroatoms. The number of hydrogen-bond donors (Lipinski definition) is 0. The number of carbonyl (C=O) groups is 1. The first-order valence-electron chi connectivity index (χ1n) is 10.8. The molecule has 0 N–H and O–H groups in total. The highest BCUT2D eigenvalue weighted by Crippen LogP contribution is 2.33. The molecule has 1 fully saturated rings. The van der Waals surface area contributed by atoms with Crippen LogP contribution >= 0.6 is 23.4 Å². The van der Waals surface area contributed by atoms with Gasteiger partial charge in [0.25, 0.3) is 0 Å². The molecule has 168 valence electrons. The molecule has 1 saturated heterocycles. The molecule has 0 saturated carbocycles. The third kappa shape index (κ3) is 5.67. The van der Waals surface area contributed by atoms with Gasteiger partial charge in [0.05, 0.1) is 0 Å². The Morgan fingerprint density at radius 3 is 2.50 bits per heavy atom. The highest BCUT2D eigenvalue weighted by atomic mass is 35.5.